The number of hydrogen-bond acceptors (Lipinski definition) is 5. The molecule has 0 spiro atoms. The van der Waals surface area contributed by atoms with Crippen molar-refractivity contribution in [3.8, 4) is 11.4 Å². The Morgan fingerprint density at radius 1 is 1.50 bits per heavy atom. The summed E-state index contributed by atoms with van der Waals surface area (Å²) in [4.78, 5) is 4.12. The molecule has 0 aliphatic carbocycles. The first-order valence-corrected chi connectivity index (χ1v) is 6.06. The summed E-state index contributed by atoms with van der Waals surface area (Å²) in [5, 5.41) is 12.6. The van der Waals surface area contributed by atoms with Gasteiger partial charge in [-0.3, -0.25) is 0 Å². The van der Waals surface area contributed by atoms with E-state index in [0.717, 1.165) is 0 Å². The molecule has 1 heterocycles. The van der Waals surface area contributed by atoms with Gasteiger partial charge in [0.2, 0.25) is 11.7 Å². The predicted molar refractivity (Wildman–Crippen MR) is 66.0 cm³/mol. The predicted octanol–water partition coefficient (Wildman–Crippen LogP) is 2.02. The Balaban J connectivity index is 2.29. The average molecular weight is 316 g/mol. The van der Waals surface area contributed by atoms with Crippen molar-refractivity contribution in [1.29, 1.82) is 0 Å². The molecule has 0 aliphatic rings. The molecule has 5 nitrogen and oxygen atoms in total. The number of benzene rings is 1. The number of aliphatic hydroxyl groups excluding tert-OH is 1. The molecule has 3 N–H and O–H groups in total. The molecule has 1 aromatic heterocycles. The average Bonchev–Trinajstić information content (AvgIpc) is 2.78. The molecule has 96 valence electrons. The van der Waals surface area contributed by atoms with Crippen LogP contribution in [-0.2, 0) is 0 Å². The standard InChI is InChI=1S/C11H11BrFN3O2/c12-8-5-6(13)1-2-7(8)10-15-11(18-16-10)9(14)3-4-17/h1-2,5,9,17H,3-4,14H2. The fourth-order valence-corrected chi connectivity index (χ4v) is 1.96. The molecule has 0 radical (unpaired) electrons. The van der Waals surface area contributed by atoms with Crippen LogP contribution in [0.15, 0.2) is 27.2 Å². The van der Waals surface area contributed by atoms with Crippen molar-refractivity contribution in [3.63, 3.8) is 0 Å². The van der Waals surface area contributed by atoms with Crippen molar-refractivity contribution in [2.75, 3.05) is 6.61 Å². The van der Waals surface area contributed by atoms with E-state index in [9.17, 15) is 4.39 Å². The first-order chi connectivity index (χ1) is 8.61. The van der Waals surface area contributed by atoms with Gasteiger partial charge in [-0.1, -0.05) is 5.16 Å². The van der Waals surface area contributed by atoms with Crippen LogP contribution in [0.1, 0.15) is 18.4 Å². The Morgan fingerprint density at radius 3 is 2.94 bits per heavy atom. The molecule has 1 aromatic carbocycles. The molecule has 0 amide bonds. The molecule has 7 heteroatoms. The van der Waals surface area contributed by atoms with Crippen LogP contribution in [-0.4, -0.2) is 21.9 Å². The van der Waals surface area contributed by atoms with Gasteiger partial charge in [-0.15, -0.1) is 0 Å². The molecule has 0 bridgehead atoms. The van der Waals surface area contributed by atoms with Gasteiger partial charge in [0.15, 0.2) is 0 Å². The third kappa shape index (κ3) is 2.74. The van der Waals surface area contributed by atoms with Crippen LogP contribution in [0.4, 0.5) is 4.39 Å². The minimum Gasteiger partial charge on any atom is -0.396 e. The fraction of sp³-hybridized carbons (Fsp3) is 0.273. The molecule has 0 aliphatic heterocycles. The number of aromatic nitrogens is 2. The molecule has 1 unspecified atom stereocenters. The van der Waals surface area contributed by atoms with Crippen molar-refractivity contribution < 1.29 is 14.0 Å². The quantitative estimate of drug-likeness (QED) is 0.901. The fourth-order valence-electron chi connectivity index (χ4n) is 1.43. The highest BCUT2D eigenvalue weighted by molar-refractivity contribution is 9.10. The number of halogens is 2. The van der Waals surface area contributed by atoms with E-state index in [1.165, 1.54) is 12.1 Å². The van der Waals surface area contributed by atoms with Crippen molar-refractivity contribution in [3.05, 3.63) is 34.4 Å². The van der Waals surface area contributed by atoms with E-state index in [1.54, 1.807) is 6.07 Å². The first-order valence-electron chi connectivity index (χ1n) is 5.27. The van der Waals surface area contributed by atoms with Crippen molar-refractivity contribution in [2.24, 2.45) is 5.73 Å². The summed E-state index contributed by atoms with van der Waals surface area (Å²) in [5.41, 5.74) is 6.34. The summed E-state index contributed by atoms with van der Waals surface area (Å²) in [7, 11) is 0. The minimum absolute atomic E-state index is 0.0564. The first kappa shape index (κ1) is 13.1. The summed E-state index contributed by atoms with van der Waals surface area (Å²) in [5.74, 6) is 0.215. The molecule has 0 saturated heterocycles. The highest BCUT2D eigenvalue weighted by atomic mass is 79.9. The number of rotatable bonds is 4. The van der Waals surface area contributed by atoms with E-state index in [0.29, 0.717) is 22.3 Å². The van der Waals surface area contributed by atoms with Crippen LogP contribution < -0.4 is 5.73 Å². The Bertz CT molecular complexity index is 547. The van der Waals surface area contributed by atoms with Crippen LogP contribution >= 0.6 is 15.9 Å². The summed E-state index contributed by atoms with van der Waals surface area (Å²) in [6, 6.07) is 3.67. The highest BCUT2D eigenvalue weighted by Gasteiger charge is 2.16. The van der Waals surface area contributed by atoms with E-state index < -0.39 is 6.04 Å². The molecule has 0 fully saturated rings. The van der Waals surface area contributed by atoms with Crippen molar-refractivity contribution in [1.82, 2.24) is 10.1 Å². The van der Waals surface area contributed by atoms with Gasteiger partial charge in [-0.05, 0) is 40.5 Å². The van der Waals surface area contributed by atoms with Crippen LogP contribution in [0.3, 0.4) is 0 Å². The number of hydrogen-bond donors (Lipinski definition) is 2. The zero-order chi connectivity index (χ0) is 13.1. The number of aliphatic hydroxyl groups is 1. The van der Waals surface area contributed by atoms with Gasteiger partial charge in [-0.2, -0.15) is 4.98 Å². The van der Waals surface area contributed by atoms with Gasteiger partial charge >= 0.3 is 0 Å². The molecule has 2 rings (SSSR count). The molecule has 2 aromatic rings. The lowest BCUT2D eigenvalue weighted by Gasteiger charge is -2.02. The Kier molecular flexibility index (Phi) is 4.05. The van der Waals surface area contributed by atoms with E-state index in [1.807, 2.05) is 0 Å². The lowest BCUT2D eigenvalue weighted by molar-refractivity contribution is 0.259. The second-order valence-corrected chi connectivity index (χ2v) is 4.55. The summed E-state index contributed by atoms with van der Waals surface area (Å²) in [6.45, 7) is -0.0564. The van der Waals surface area contributed by atoms with Gasteiger partial charge < -0.3 is 15.4 Å². The van der Waals surface area contributed by atoms with Gasteiger partial charge in [0.05, 0.1) is 6.04 Å². The number of nitrogens with zero attached hydrogens (tertiary/aromatic N) is 2. The van der Waals surface area contributed by atoms with Gasteiger partial charge in [0, 0.05) is 16.6 Å². The molecular weight excluding hydrogens is 305 g/mol. The van der Waals surface area contributed by atoms with Crippen LogP contribution in [0.25, 0.3) is 11.4 Å². The van der Waals surface area contributed by atoms with Crippen molar-refractivity contribution in [2.45, 2.75) is 12.5 Å². The maximum absolute atomic E-state index is 13.0. The van der Waals surface area contributed by atoms with Gasteiger partial charge in [0.25, 0.3) is 0 Å². The number of nitrogens with two attached hydrogens (primary N) is 1. The zero-order valence-electron chi connectivity index (χ0n) is 9.31. The second kappa shape index (κ2) is 5.55. The van der Waals surface area contributed by atoms with Gasteiger partial charge in [0.1, 0.15) is 5.82 Å². The molecule has 1 atom stereocenters. The SMILES string of the molecule is NC(CCO)c1nc(-c2ccc(F)cc2Br)no1. The second-order valence-electron chi connectivity index (χ2n) is 3.70. The lowest BCUT2D eigenvalue weighted by Crippen LogP contribution is -2.12. The maximum Gasteiger partial charge on any atom is 0.243 e. The topological polar surface area (TPSA) is 85.2 Å². The summed E-state index contributed by atoms with van der Waals surface area (Å²) >= 11 is 3.23. The Hall–Kier alpha value is -1.31. The third-order valence-corrected chi connectivity index (χ3v) is 3.03. The van der Waals surface area contributed by atoms with Crippen LogP contribution in [0.2, 0.25) is 0 Å². The highest BCUT2D eigenvalue weighted by Crippen LogP contribution is 2.27. The van der Waals surface area contributed by atoms with Gasteiger partial charge in [-0.25, -0.2) is 4.39 Å². The monoisotopic (exact) mass is 315 g/mol. The van der Waals surface area contributed by atoms with Crippen molar-refractivity contribution >= 4 is 15.9 Å². The van der Waals surface area contributed by atoms with E-state index >= 15 is 0 Å². The Morgan fingerprint density at radius 2 is 2.28 bits per heavy atom. The molecule has 18 heavy (non-hydrogen) atoms. The molecule has 0 saturated carbocycles. The zero-order valence-corrected chi connectivity index (χ0v) is 10.9. The van der Waals surface area contributed by atoms with E-state index in [4.69, 9.17) is 15.4 Å². The normalized spacial score (nSPS) is 12.7. The van der Waals surface area contributed by atoms with Crippen LogP contribution in [0, 0.1) is 5.82 Å². The summed E-state index contributed by atoms with van der Waals surface area (Å²) < 4.78 is 18.5. The third-order valence-electron chi connectivity index (χ3n) is 2.37. The minimum atomic E-state index is -0.504. The maximum atomic E-state index is 13.0. The smallest absolute Gasteiger partial charge is 0.243 e. The van der Waals surface area contributed by atoms with E-state index in [-0.39, 0.29) is 18.3 Å². The Labute approximate surface area is 111 Å². The summed E-state index contributed by atoms with van der Waals surface area (Å²) in [6.07, 6.45) is 0.340. The lowest BCUT2D eigenvalue weighted by atomic mass is 10.2. The molecular formula is C11H11BrFN3O2. The largest absolute Gasteiger partial charge is 0.396 e. The van der Waals surface area contributed by atoms with Crippen LogP contribution in [0.5, 0.6) is 0 Å². The van der Waals surface area contributed by atoms with E-state index in [2.05, 4.69) is 26.1 Å².